The van der Waals surface area contributed by atoms with Crippen molar-refractivity contribution in [3.63, 3.8) is 0 Å². The van der Waals surface area contributed by atoms with E-state index in [1.54, 1.807) is 0 Å². The van der Waals surface area contributed by atoms with Crippen molar-refractivity contribution in [3.05, 3.63) is 57.5 Å². The molecule has 0 aliphatic carbocycles. The summed E-state index contributed by atoms with van der Waals surface area (Å²) >= 11 is 1.47. The molecule has 6 heteroatoms. The van der Waals surface area contributed by atoms with Crippen LogP contribution in [-0.4, -0.2) is 6.54 Å². The molecule has 1 aromatic carbocycles. The van der Waals surface area contributed by atoms with Crippen molar-refractivity contribution >= 4 is 11.3 Å². The molecule has 0 aliphatic rings. The Bertz CT molecular complexity index is 578. The summed E-state index contributed by atoms with van der Waals surface area (Å²) in [5.41, 5.74) is -0.829. The molecule has 0 bridgehead atoms. The van der Waals surface area contributed by atoms with Crippen LogP contribution >= 0.6 is 11.3 Å². The van der Waals surface area contributed by atoms with Crippen molar-refractivity contribution in [2.75, 3.05) is 6.54 Å². The molecular formula is C15H15F4NS. The topological polar surface area (TPSA) is 12.0 Å². The fraction of sp³-hybridized carbons (Fsp3) is 0.333. The summed E-state index contributed by atoms with van der Waals surface area (Å²) in [4.78, 5) is 0.957. The van der Waals surface area contributed by atoms with Crippen molar-refractivity contribution in [1.29, 1.82) is 0 Å². The van der Waals surface area contributed by atoms with E-state index in [1.807, 2.05) is 24.4 Å². The first-order valence-electron chi connectivity index (χ1n) is 6.54. The van der Waals surface area contributed by atoms with Gasteiger partial charge in [0.05, 0.1) is 5.56 Å². The van der Waals surface area contributed by atoms with Crippen molar-refractivity contribution < 1.29 is 17.6 Å². The Morgan fingerprint density at radius 2 is 2.00 bits per heavy atom. The fourth-order valence-corrected chi connectivity index (χ4v) is 3.00. The van der Waals surface area contributed by atoms with Crippen LogP contribution in [0.2, 0.25) is 0 Å². The van der Waals surface area contributed by atoms with Gasteiger partial charge in [-0.25, -0.2) is 4.39 Å². The molecule has 2 aromatic rings. The molecule has 1 unspecified atom stereocenters. The van der Waals surface area contributed by atoms with Gasteiger partial charge in [0.1, 0.15) is 5.82 Å². The summed E-state index contributed by atoms with van der Waals surface area (Å²) in [6, 6.07) is 5.77. The molecule has 0 fully saturated rings. The molecule has 1 N–H and O–H groups in total. The number of likely N-dealkylation sites (N-methyl/N-ethyl adjacent to an activating group) is 1. The van der Waals surface area contributed by atoms with Gasteiger partial charge < -0.3 is 5.32 Å². The molecule has 114 valence electrons. The average molecular weight is 317 g/mol. The summed E-state index contributed by atoms with van der Waals surface area (Å²) in [5, 5.41) is 4.89. The number of rotatable bonds is 5. The lowest BCUT2D eigenvalue weighted by molar-refractivity contribution is -0.138. The van der Waals surface area contributed by atoms with Crippen molar-refractivity contribution in [2.45, 2.75) is 25.6 Å². The van der Waals surface area contributed by atoms with E-state index in [4.69, 9.17) is 0 Å². The maximum absolute atomic E-state index is 13.4. The quantitative estimate of drug-likeness (QED) is 0.781. The lowest BCUT2D eigenvalue weighted by Gasteiger charge is -2.22. The Balaban J connectivity index is 2.41. The van der Waals surface area contributed by atoms with Crippen molar-refractivity contribution in [3.8, 4) is 0 Å². The van der Waals surface area contributed by atoms with Gasteiger partial charge in [-0.05, 0) is 41.8 Å². The summed E-state index contributed by atoms with van der Waals surface area (Å²) in [7, 11) is 0. The lowest BCUT2D eigenvalue weighted by atomic mass is 9.96. The summed E-state index contributed by atoms with van der Waals surface area (Å²) in [5.74, 6) is -0.660. The second kappa shape index (κ2) is 6.58. The van der Waals surface area contributed by atoms with E-state index in [-0.39, 0.29) is 5.56 Å². The Kier molecular flexibility index (Phi) is 5.00. The molecule has 1 atom stereocenters. The van der Waals surface area contributed by atoms with Crippen LogP contribution in [0.5, 0.6) is 0 Å². The number of hydrogen-bond acceptors (Lipinski definition) is 2. The molecule has 21 heavy (non-hydrogen) atoms. The second-order valence-corrected chi connectivity index (χ2v) is 5.66. The molecule has 1 heterocycles. The Morgan fingerprint density at radius 3 is 2.57 bits per heavy atom. The zero-order chi connectivity index (χ0) is 15.5. The third-order valence-corrected chi connectivity index (χ3v) is 4.03. The van der Waals surface area contributed by atoms with Gasteiger partial charge in [0, 0.05) is 17.3 Å². The van der Waals surface area contributed by atoms with Crippen LogP contribution in [-0.2, 0) is 12.6 Å². The van der Waals surface area contributed by atoms with Crippen LogP contribution in [0.4, 0.5) is 17.6 Å². The smallest absolute Gasteiger partial charge is 0.310 e. The summed E-state index contributed by atoms with van der Waals surface area (Å²) in [6.07, 6.45) is -4.09. The summed E-state index contributed by atoms with van der Waals surface area (Å²) < 4.78 is 52.8. The van der Waals surface area contributed by atoms with Crippen LogP contribution in [0.1, 0.15) is 29.0 Å². The van der Waals surface area contributed by atoms with Crippen LogP contribution in [0, 0.1) is 5.82 Å². The van der Waals surface area contributed by atoms with Crippen molar-refractivity contribution in [1.82, 2.24) is 5.32 Å². The fourth-order valence-electron chi connectivity index (χ4n) is 2.25. The minimum atomic E-state index is -4.49. The zero-order valence-corrected chi connectivity index (χ0v) is 12.2. The van der Waals surface area contributed by atoms with Crippen molar-refractivity contribution in [2.24, 2.45) is 0 Å². The number of benzene rings is 1. The van der Waals surface area contributed by atoms with E-state index in [9.17, 15) is 17.6 Å². The molecule has 0 aliphatic heterocycles. The second-order valence-electron chi connectivity index (χ2n) is 4.62. The molecular weight excluding hydrogens is 302 g/mol. The molecule has 0 radical (unpaired) electrons. The molecule has 0 saturated heterocycles. The molecule has 1 aromatic heterocycles. The molecule has 0 spiro atoms. The van der Waals surface area contributed by atoms with E-state index in [0.29, 0.717) is 13.0 Å². The minimum absolute atomic E-state index is 0.0437. The maximum atomic E-state index is 13.4. The van der Waals surface area contributed by atoms with Crippen LogP contribution in [0.15, 0.2) is 35.7 Å². The third kappa shape index (κ3) is 4.04. The maximum Gasteiger partial charge on any atom is 0.416 e. The standard InChI is InChI=1S/C15H15F4NS/c1-2-20-14(9-11-4-3-7-21-11)12-8-10(16)5-6-13(12)15(17,18)19/h3-8,14,20H,2,9H2,1H3. The highest BCUT2D eigenvalue weighted by Gasteiger charge is 2.35. The number of nitrogens with one attached hydrogen (secondary N) is 1. The van der Waals surface area contributed by atoms with Crippen LogP contribution in [0.3, 0.4) is 0 Å². The molecule has 0 saturated carbocycles. The summed E-state index contributed by atoms with van der Waals surface area (Å²) in [6.45, 7) is 2.32. The first-order valence-corrected chi connectivity index (χ1v) is 7.42. The van der Waals surface area contributed by atoms with Gasteiger partial charge in [0.2, 0.25) is 0 Å². The van der Waals surface area contributed by atoms with E-state index in [1.165, 1.54) is 11.3 Å². The van der Waals surface area contributed by atoms with E-state index in [2.05, 4.69) is 5.32 Å². The Morgan fingerprint density at radius 1 is 1.24 bits per heavy atom. The van der Waals surface area contributed by atoms with Crippen LogP contribution in [0.25, 0.3) is 0 Å². The molecule has 2 rings (SSSR count). The predicted molar refractivity (Wildman–Crippen MR) is 75.8 cm³/mol. The first kappa shape index (κ1) is 16.0. The number of hydrogen-bond donors (Lipinski definition) is 1. The number of halogens is 4. The Hall–Kier alpha value is -1.40. The lowest BCUT2D eigenvalue weighted by Crippen LogP contribution is -2.25. The Labute approximate surface area is 124 Å². The average Bonchev–Trinajstić information content (AvgIpc) is 2.89. The predicted octanol–water partition coefficient (Wildman–Crippen LogP) is 4.80. The number of alkyl halides is 3. The molecule has 0 amide bonds. The van der Waals surface area contributed by atoms with Gasteiger partial charge in [-0.15, -0.1) is 11.3 Å². The first-order chi connectivity index (χ1) is 9.91. The van der Waals surface area contributed by atoms with Gasteiger partial charge in [0.25, 0.3) is 0 Å². The molecule has 1 nitrogen and oxygen atoms in total. The number of thiophene rings is 1. The normalized spacial score (nSPS) is 13.4. The largest absolute Gasteiger partial charge is 0.416 e. The third-order valence-electron chi connectivity index (χ3n) is 3.13. The van der Waals surface area contributed by atoms with Gasteiger partial charge in [-0.2, -0.15) is 13.2 Å². The van der Waals surface area contributed by atoms with Crippen LogP contribution < -0.4 is 5.32 Å². The highest BCUT2D eigenvalue weighted by atomic mass is 32.1. The highest BCUT2D eigenvalue weighted by molar-refractivity contribution is 7.09. The zero-order valence-electron chi connectivity index (χ0n) is 11.4. The van der Waals surface area contributed by atoms with Gasteiger partial charge >= 0.3 is 6.18 Å². The van der Waals surface area contributed by atoms with E-state index >= 15 is 0 Å². The highest BCUT2D eigenvalue weighted by Crippen LogP contribution is 2.36. The van der Waals surface area contributed by atoms with Gasteiger partial charge in [0.15, 0.2) is 0 Å². The van der Waals surface area contributed by atoms with Gasteiger partial charge in [-0.3, -0.25) is 0 Å². The van der Waals surface area contributed by atoms with E-state index < -0.39 is 23.6 Å². The van der Waals surface area contributed by atoms with Gasteiger partial charge in [-0.1, -0.05) is 13.0 Å². The van der Waals surface area contributed by atoms with E-state index in [0.717, 1.165) is 23.1 Å². The minimum Gasteiger partial charge on any atom is -0.310 e. The monoisotopic (exact) mass is 317 g/mol. The SMILES string of the molecule is CCNC(Cc1cccs1)c1cc(F)ccc1C(F)(F)F.